The molecule has 2 aromatic carbocycles. The molecule has 0 aliphatic heterocycles. The lowest BCUT2D eigenvalue weighted by Crippen LogP contribution is -2.20. The topological polar surface area (TPSA) is 69.0 Å². The first-order chi connectivity index (χ1) is 14.6. The van der Waals surface area contributed by atoms with Gasteiger partial charge in [-0.2, -0.15) is 0 Å². The number of thioether (sulfide) groups is 1. The first kappa shape index (κ1) is 21.9. The number of unbranched alkanes of at least 4 members (excludes halogenated alkanes) is 2. The van der Waals surface area contributed by atoms with Crippen LogP contribution in [0.1, 0.15) is 42.6 Å². The van der Waals surface area contributed by atoms with Gasteiger partial charge in [-0.3, -0.25) is 4.79 Å². The van der Waals surface area contributed by atoms with Gasteiger partial charge in [0.1, 0.15) is 17.3 Å². The Morgan fingerprint density at radius 2 is 2.00 bits per heavy atom. The monoisotopic (exact) mass is 424 g/mol. The number of anilines is 1. The van der Waals surface area contributed by atoms with Gasteiger partial charge < -0.3 is 14.6 Å². The second kappa shape index (κ2) is 10.8. The predicted octanol–water partition coefficient (Wildman–Crippen LogP) is 5.26. The second-order valence-electron chi connectivity index (χ2n) is 7.12. The Bertz CT molecular complexity index is 959. The van der Waals surface area contributed by atoms with Crippen LogP contribution >= 0.6 is 11.8 Å². The van der Waals surface area contributed by atoms with Crippen molar-refractivity contribution in [3.05, 3.63) is 66.0 Å². The van der Waals surface area contributed by atoms with Crippen LogP contribution in [0.5, 0.6) is 5.75 Å². The minimum atomic E-state index is -0.467. The fraction of sp³-hybridized carbons (Fsp3) is 0.348. The number of ether oxygens (including phenoxy) is 1. The minimum absolute atomic E-state index is 0.127. The third-order valence-corrected chi connectivity index (χ3v) is 6.01. The van der Waals surface area contributed by atoms with Crippen LogP contribution in [0.3, 0.4) is 0 Å². The molecule has 30 heavy (non-hydrogen) atoms. The number of nitrogens with one attached hydrogen (secondary N) is 1. The molecule has 1 aromatic heterocycles. The Morgan fingerprint density at radius 1 is 1.20 bits per heavy atom. The quantitative estimate of drug-likeness (QED) is 0.355. The summed E-state index contributed by atoms with van der Waals surface area (Å²) in [4.78, 5) is 13.3. The largest absolute Gasteiger partial charge is 0.495 e. The summed E-state index contributed by atoms with van der Waals surface area (Å²) in [6, 6.07) is 15.5. The summed E-state index contributed by atoms with van der Waals surface area (Å²) in [5.41, 5.74) is 2.62. The molecule has 158 valence electrons. The molecule has 0 saturated carbocycles. The van der Waals surface area contributed by atoms with E-state index in [2.05, 4.69) is 22.4 Å². The van der Waals surface area contributed by atoms with Crippen LogP contribution in [0, 0.1) is 6.92 Å². The number of amides is 1. The molecule has 1 N–H and O–H groups in total. The number of aromatic nitrogens is 3. The van der Waals surface area contributed by atoms with Crippen molar-refractivity contribution >= 4 is 23.4 Å². The van der Waals surface area contributed by atoms with E-state index < -0.39 is 5.25 Å². The fourth-order valence-corrected chi connectivity index (χ4v) is 4.18. The van der Waals surface area contributed by atoms with Crippen LogP contribution in [0.4, 0.5) is 5.69 Å². The van der Waals surface area contributed by atoms with Gasteiger partial charge in [0.15, 0.2) is 5.16 Å². The standard InChI is InChI=1S/C23H28N4O2S/c1-4-5-9-14-27-16-24-26-23(27)30-21(18-10-7-6-8-11-18)22(28)25-19-15-17(2)12-13-20(19)29-3/h6-8,10-13,15-16,21H,4-5,9,14H2,1-3H3,(H,25,28)/t21-/m0/s1. The maximum atomic E-state index is 13.3. The van der Waals surface area contributed by atoms with Gasteiger partial charge in [-0.05, 0) is 36.6 Å². The molecule has 0 bridgehead atoms. The van der Waals surface area contributed by atoms with Crippen LogP contribution in [-0.2, 0) is 11.3 Å². The zero-order valence-electron chi connectivity index (χ0n) is 17.7. The van der Waals surface area contributed by atoms with Gasteiger partial charge in [0.25, 0.3) is 0 Å². The normalized spacial score (nSPS) is 11.8. The van der Waals surface area contributed by atoms with Crippen molar-refractivity contribution in [2.24, 2.45) is 0 Å². The van der Waals surface area contributed by atoms with Crippen LogP contribution in [0.25, 0.3) is 0 Å². The molecule has 0 saturated heterocycles. The number of hydrogen-bond donors (Lipinski definition) is 1. The number of carbonyl (C=O) groups is 1. The third-order valence-electron chi connectivity index (χ3n) is 4.76. The van der Waals surface area contributed by atoms with Gasteiger partial charge in [-0.15, -0.1) is 10.2 Å². The Morgan fingerprint density at radius 3 is 2.73 bits per heavy atom. The first-order valence-electron chi connectivity index (χ1n) is 10.2. The van der Waals surface area contributed by atoms with Crippen molar-refractivity contribution in [3.8, 4) is 5.75 Å². The first-order valence-corrected chi connectivity index (χ1v) is 11.0. The van der Waals surface area contributed by atoms with Gasteiger partial charge in [-0.25, -0.2) is 0 Å². The summed E-state index contributed by atoms with van der Waals surface area (Å²) in [6.45, 7) is 5.01. The van der Waals surface area contributed by atoms with Crippen LogP contribution in [0.15, 0.2) is 60.0 Å². The molecule has 1 amide bonds. The minimum Gasteiger partial charge on any atom is -0.495 e. The molecule has 0 unspecified atom stereocenters. The molecular formula is C23H28N4O2S. The molecule has 0 aliphatic rings. The number of benzene rings is 2. The van der Waals surface area contributed by atoms with Crippen molar-refractivity contribution < 1.29 is 9.53 Å². The zero-order chi connectivity index (χ0) is 21.3. The smallest absolute Gasteiger partial charge is 0.242 e. The molecular weight excluding hydrogens is 396 g/mol. The molecule has 3 rings (SSSR count). The highest BCUT2D eigenvalue weighted by Crippen LogP contribution is 2.36. The van der Waals surface area contributed by atoms with E-state index in [0.717, 1.165) is 42.1 Å². The fourth-order valence-electron chi connectivity index (χ4n) is 3.15. The van der Waals surface area contributed by atoms with Gasteiger partial charge >= 0.3 is 0 Å². The third kappa shape index (κ3) is 5.63. The highest BCUT2D eigenvalue weighted by Gasteiger charge is 2.25. The molecule has 1 heterocycles. The van der Waals surface area contributed by atoms with Crippen molar-refractivity contribution in [3.63, 3.8) is 0 Å². The number of aryl methyl sites for hydroxylation is 2. The predicted molar refractivity (Wildman–Crippen MR) is 121 cm³/mol. The highest BCUT2D eigenvalue weighted by atomic mass is 32.2. The molecule has 3 aromatic rings. The molecule has 0 fully saturated rings. The number of rotatable bonds is 10. The van der Waals surface area contributed by atoms with Crippen molar-refractivity contribution in [2.75, 3.05) is 12.4 Å². The van der Waals surface area contributed by atoms with Gasteiger partial charge in [0.05, 0.1) is 12.8 Å². The average molecular weight is 425 g/mol. The van der Waals surface area contributed by atoms with Crippen LogP contribution in [0.2, 0.25) is 0 Å². The second-order valence-corrected chi connectivity index (χ2v) is 8.19. The van der Waals surface area contributed by atoms with E-state index in [4.69, 9.17) is 4.74 Å². The molecule has 7 heteroatoms. The van der Waals surface area contributed by atoms with Gasteiger partial charge in [-0.1, -0.05) is 67.9 Å². The van der Waals surface area contributed by atoms with E-state index in [1.165, 1.54) is 11.8 Å². The summed E-state index contributed by atoms with van der Waals surface area (Å²) in [6.07, 6.45) is 5.10. The van der Waals surface area contributed by atoms with E-state index in [1.807, 2.05) is 60.0 Å². The zero-order valence-corrected chi connectivity index (χ0v) is 18.5. The van der Waals surface area contributed by atoms with E-state index in [1.54, 1.807) is 13.4 Å². The number of methoxy groups -OCH3 is 1. The summed E-state index contributed by atoms with van der Waals surface area (Å²) in [7, 11) is 1.60. The van der Waals surface area contributed by atoms with Crippen LogP contribution < -0.4 is 10.1 Å². The summed E-state index contributed by atoms with van der Waals surface area (Å²) in [5.74, 6) is 0.506. The van der Waals surface area contributed by atoms with Crippen molar-refractivity contribution in [1.82, 2.24) is 14.8 Å². The Balaban J connectivity index is 1.85. The Hall–Kier alpha value is -2.80. The maximum absolute atomic E-state index is 13.3. The molecule has 1 atom stereocenters. The summed E-state index contributed by atoms with van der Waals surface area (Å²) >= 11 is 1.41. The van der Waals surface area contributed by atoms with Gasteiger partial charge in [0.2, 0.25) is 5.91 Å². The SMILES string of the molecule is CCCCCn1cnnc1S[C@H](C(=O)Nc1cc(C)ccc1OC)c1ccccc1. The summed E-state index contributed by atoms with van der Waals surface area (Å²) in [5, 5.41) is 11.7. The van der Waals surface area contributed by atoms with Crippen LogP contribution in [-0.4, -0.2) is 27.8 Å². The highest BCUT2D eigenvalue weighted by molar-refractivity contribution is 8.00. The lowest BCUT2D eigenvalue weighted by molar-refractivity contribution is -0.115. The average Bonchev–Trinajstić information content (AvgIpc) is 3.20. The van der Waals surface area contributed by atoms with E-state index >= 15 is 0 Å². The van der Waals surface area contributed by atoms with E-state index in [0.29, 0.717) is 11.4 Å². The van der Waals surface area contributed by atoms with Crippen molar-refractivity contribution in [1.29, 1.82) is 0 Å². The summed E-state index contributed by atoms with van der Waals surface area (Å²) < 4.78 is 7.44. The van der Waals surface area contributed by atoms with Crippen molar-refractivity contribution in [2.45, 2.75) is 50.1 Å². The van der Waals surface area contributed by atoms with E-state index in [9.17, 15) is 4.79 Å². The van der Waals surface area contributed by atoms with Gasteiger partial charge in [0, 0.05) is 6.54 Å². The molecule has 0 radical (unpaired) electrons. The Kier molecular flexibility index (Phi) is 7.90. The maximum Gasteiger partial charge on any atom is 0.242 e. The van der Waals surface area contributed by atoms with E-state index in [-0.39, 0.29) is 5.91 Å². The number of hydrogen-bond acceptors (Lipinski definition) is 5. The molecule has 0 aliphatic carbocycles. The Labute approximate surface area is 182 Å². The lowest BCUT2D eigenvalue weighted by Gasteiger charge is -2.18. The molecule has 6 nitrogen and oxygen atoms in total. The lowest BCUT2D eigenvalue weighted by atomic mass is 10.1. The number of nitrogens with zero attached hydrogens (tertiary/aromatic N) is 3. The number of carbonyl (C=O) groups excluding carboxylic acids is 1. The molecule has 0 spiro atoms.